The highest BCUT2D eigenvalue weighted by atomic mass is 32.2. The molecule has 11 heteroatoms. The lowest BCUT2D eigenvalue weighted by Crippen LogP contribution is -2.55. The Balaban J connectivity index is 1.40. The summed E-state index contributed by atoms with van der Waals surface area (Å²) >= 11 is 0. The van der Waals surface area contributed by atoms with Gasteiger partial charge in [0.25, 0.3) is 0 Å². The summed E-state index contributed by atoms with van der Waals surface area (Å²) < 4.78 is 63.4. The van der Waals surface area contributed by atoms with Gasteiger partial charge in [-0.15, -0.1) is 0 Å². The molecule has 0 aromatic heterocycles. The molecule has 2 aliphatic rings. The molecular weight excluding hydrogens is 456 g/mol. The van der Waals surface area contributed by atoms with Crippen LogP contribution in [0.2, 0.25) is 0 Å². The first-order valence-corrected chi connectivity index (χ1v) is 12.3. The van der Waals surface area contributed by atoms with E-state index in [0.717, 1.165) is 40.1 Å². The third kappa shape index (κ3) is 5.03. The SMILES string of the molecule is C[C@H](C(=O)N1CCN(Cc2ccc3c(c2)OCO3)CC1)N(c1ccc(F)c(F)c1)S(C)(=O)=O. The number of piperazine rings is 1. The van der Waals surface area contributed by atoms with Gasteiger partial charge in [0.1, 0.15) is 6.04 Å². The van der Waals surface area contributed by atoms with Crippen molar-refractivity contribution in [3.63, 3.8) is 0 Å². The Morgan fingerprint density at radius 1 is 1.03 bits per heavy atom. The molecule has 33 heavy (non-hydrogen) atoms. The fraction of sp³-hybridized carbons (Fsp3) is 0.409. The van der Waals surface area contributed by atoms with E-state index in [9.17, 15) is 22.0 Å². The number of carbonyl (C=O) groups excluding carboxylic acids is 1. The lowest BCUT2D eigenvalue weighted by Gasteiger charge is -2.38. The van der Waals surface area contributed by atoms with Crippen molar-refractivity contribution in [1.29, 1.82) is 0 Å². The van der Waals surface area contributed by atoms with E-state index in [1.807, 2.05) is 18.2 Å². The summed E-state index contributed by atoms with van der Waals surface area (Å²) in [5.41, 5.74) is 0.965. The van der Waals surface area contributed by atoms with Gasteiger partial charge in [-0.2, -0.15) is 0 Å². The molecule has 1 atom stereocenters. The molecule has 2 aromatic carbocycles. The largest absolute Gasteiger partial charge is 0.454 e. The predicted octanol–water partition coefficient (Wildman–Crippen LogP) is 2.19. The summed E-state index contributed by atoms with van der Waals surface area (Å²) in [6.45, 7) is 4.40. The molecule has 2 heterocycles. The highest BCUT2D eigenvalue weighted by Gasteiger charge is 2.33. The molecule has 1 fully saturated rings. The fourth-order valence-corrected chi connectivity index (χ4v) is 5.27. The lowest BCUT2D eigenvalue weighted by molar-refractivity contribution is -0.133. The topological polar surface area (TPSA) is 79.4 Å². The van der Waals surface area contributed by atoms with Gasteiger partial charge in [0.2, 0.25) is 22.7 Å². The summed E-state index contributed by atoms with van der Waals surface area (Å²) in [6, 6.07) is 7.44. The molecule has 8 nitrogen and oxygen atoms in total. The van der Waals surface area contributed by atoms with Crippen molar-refractivity contribution >= 4 is 21.6 Å². The maximum absolute atomic E-state index is 13.7. The molecule has 178 valence electrons. The van der Waals surface area contributed by atoms with Gasteiger partial charge >= 0.3 is 0 Å². The Morgan fingerprint density at radius 3 is 2.39 bits per heavy atom. The number of carbonyl (C=O) groups is 1. The Morgan fingerprint density at radius 2 is 1.73 bits per heavy atom. The van der Waals surface area contributed by atoms with E-state index < -0.39 is 33.6 Å². The Bertz CT molecular complexity index is 1150. The number of hydrogen-bond donors (Lipinski definition) is 0. The van der Waals surface area contributed by atoms with Gasteiger partial charge in [-0.25, -0.2) is 17.2 Å². The van der Waals surface area contributed by atoms with Crippen molar-refractivity contribution in [3.8, 4) is 11.5 Å². The minimum Gasteiger partial charge on any atom is -0.454 e. The maximum atomic E-state index is 13.7. The third-order valence-electron chi connectivity index (χ3n) is 5.75. The van der Waals surface area contributed by atoms with Crippen LogP contribution in [0.25, 0.3) is 0 Å². The van der Waals surface area contributed by atoms with Crippen LogP contribution in [0.5, 0.6) is 11.5 Å². The average molecular weight is 482 g/mol. The van der Waals surface area contributed by atoms with Crippen LogP contribution < -0.4 is 13.8 Å². The minimum atomic E-state index is -3.92. The molecule has 0 saturated carbocycles. The standard InChI is InChI=1S/C22H25F2N3O5S/c1-15(27(33(2,29)30)17-4-5-18(23)19(24)12-17)22(28)26-9-7-25(8-10-26)13-16-3-6-20-21(11-16)32-14-31-20/h3-6,11-12,15H,7-10,13-14H2,1-2H3/t15-/m1/s1. The van der Waals surface area contributed by atoms with Crippen LogP contribution in [-0.2, 0) is 21.4 Å². The highest BCUT2D eigenvalue weighted by molar-refractivity contribution is 7.92. The van der Waals surface area contributed by atoms with Gasteiger partial charge in [-0.3, -0.25) is 14.0 Å². The average Bonchev–Trinajstić information content (AvgIpc) is 3.23. The van der Waals surface area contributed by atoms with E-state index in [1.54, 1.807) is 4.90 Å². The highest BCUT2D eigenvalue weighted by Crippen LogP contribution is 2.33. The zero-order chi connectivity index (χ0) is 23.8. The number of sulfonamides is 1. The number of fused-ring (bicyclic) bond motifs is 1. The Hall–Kier alpha value is -2.92. The lowest BCUT2D eigenvalue weighted by atomic mass is 10.1. The first-order chi connectivity index (χ1) is 15.6. The number of ether oxygens (including phenoxy) is 2. The predicted molar refractivity (Wildman–Crippen MR) is 118 cm³/mol. The molecule has 1 saturated heterocycles. The zero-order valence-electron chi connectivity index (χ0n) is 18.3. The number of rotatable bonds is 6. The number of hydrogen-bond acceptors (Lipinski definition) is 6. The molecule has 0 aliphatic carbocycles. The molecular formula is C22H25F2N3O5S. The first-order valence-electron chi connectivity index (χ1n) is 10.5. The van der Waals surface area contributed by atoms with Crippen molar-refractivity contribution in [2.45, 2.75) is 19.5 Å². The zero-order valence-corrected chi connectivity index (χ0v) is 19.1. The summed E-state index contributed by atoms with van der Waals surface area (Å²) in [4.78, 5) is 16.9. The maximum Gasteiger partial charge on any atom is 0.246 e. The third-order valence-corrected chi connectivity index (χ3v) is 6.99. The first kappa shape index (κ1) is 23.2. The monoisotopic (exact) mass is 481 g/mol. The molecule has 4 rings (SSSR count). The number of amides is 1. The second-order valence-electron chi connectivity index (χ2n) is 8.12. The van der Waals surface area contributed by atoms with E-state index in [2.05, 4.69) is 4.90 Å². The molecule has 0 radical (unpaired) electrons. The van der Waals surface area contributed by atoms with E-state index in [1.165, 1.54) is 6.92 Å². The van der Waals surface area contributed by atoms with Crippen LogP contribution in [0.3, 0.4) is 0 Å². The van der Waals surface area contributed by atoms with E-state index in [-0.39, 0.29) is 12.5 Å². The second kappa shape index (κ2) is 9.14. The molecule has 0 unspecified atom stereocenters. The quantitative estimate of drug-likeness (QED) is 0.630. The van der Waals surface area contributed by atoms with E-state index in [4.69, 9.17) is 9.47 Å². The van der Waals surface area contributed by atoms with Gasteiger partial charge in [-0.1, -0.05) is 6.07 Å². The van der Waals surface area contributed by atoms with Crippen LogP contribution >= 0.6 is 0 Å². The molecule has 1 amide bonds. The van der Waals surface area contributed by atoms with Crippen molar-refractivity contribution in [2.75, 3.05) is 43.5 Å². The van der Waals surface area contributed by atoms with E-state index >= 15 is 0 Å². The normalized spacial score (nSPS) is 17.2. The van der Waals surface area contributed by atoms with Gasteiger partial charge < -0.3 is 14.4 Å². The van der Waals surface area contributed by atoms with Crippen molar-refractivity contribution in [1.82, 2.24) is 9.80 Å². The van der Waals surface area contributed by atoms with Crippen LogP contribution in [0, 0.1) is 11.6 Å². The van der Waals surface area contributed by atoms with Crippen LogP contribution in [-0.4, -0.2) is 69.4 Å². The summed E-state index contributed by atoms with van der Waals surface area (Å²) in [5.74, 6) is -1.23. The molecule has 0 N–H and O–H groups in total. The number of benzene rings is 2. The van der Waals surface area contributed by atoms with Gasteiger partial charge in [0.05, 0.1) is 11.9 Å². The smallest absolute Gasteiger partial charge is 0.246 e. The Labute approximate surface area is 191 Å². The van der Waals surface area contributed by atoms with Crippen LogP contribution in [0.1, 0.15) is 12.5 Å². The summed E-state index contributed by atoms with van der Waals surface area (Å²) in [7, 11) is -3.92. The molecule has 0 spiro atoms. The molecule has 2 aromatic rings. The second-order valence-corrected chi connectivity index (χ2v) is 9.98. The molecule has 0 bridgehead atoms. The van der Waals surface area contributed by atoms with Gasteiger partial charge in [0, 0.05) is 38.8 Å². The minimum absolute atomic E-state index is 0.0984. The fourth-order valence-electron chi connectivity index (χ4n) is 4.11. The van der Waals surface area contributed by atoms with Crippen molar-refractivity contribution < 1.29 is 31.5 Å². The summed E-state index contributed by atoms with van der Waals surface area (Å²) in [5, 5.41) is 0. The van der Waals surface area contributed by atoms with Crippen LogP contribution in [0.4, 0.5) is 14.5 Å². The van der Waals surface area contributed by atoms with Crippen LogP contribution in [0.15, 0.2) is 36.4 Å². The number of nitrogens with zero attached hydrogens (tertiary/aromatic N) is 3. The summed E-state index contributed by atoms with van der Waals surface area (Å²) in [6.07, 6.45) is 0.932. The van der Waals surface area contributed by atoms with Crippen molar-refractivity contribution in [3.05, 3.63) is 53.6 Å². The number of anilines is 1. The van der Waals surface area contributed by atoms with E-state index in [0.29, 0.717) is 38.5 Å². The number of halogens is 2. The van der Waals surface area contributed by atoms with Gasteiger partial charge in [-0.05, 0) is 36.8 Å². The van der Waals surface area contributed by atoms with Gasteiger partial charge in [0.15, 0.2) is 23.1 Å². The Kier molecular flexibility index (Phi) is 6.44. The van der Waals surface area contributed by atoms with Crippen molar-refractivity contribution in [2.24, 2.45) is 0 Å². The molecule has 2 aliphatic heterocycles.